The maximum Gasteiger partial charge on any atom is 0.253 e. The fourth-order valence-electron chi connectivity index (χ4n) is 1.50. The summed E-state index contributed by atoms with van der Waals surface area (Å²) in [4.78, 5) is 11.0. The maximum absolute atomic E-state index is 13.6. The molecule has 7 heteroatoms. The second-order valence-electron chi connectivity index (χ2n) is 3.43. The largest absolute Gasteiger partial charge is 0.506 e. The molecule has 1 saturated heterocycles. The van der Waals surface area contributed by atoms with E-state index in [0.29, 0.717) is 5.56 Å². The third-order valence-electron chi connectivity index (χ3n) is 2.13. The molecule has 0 aromatic heterocycles. The van der Waals surface area contributed by atoms with Crippen molar-refractivity contribution >= 4 is 22.8 Å². The zero-order chi connectivity index (χ0) is 11.9. The number of nitrogens with zero attached hydrogens (tertiary/aromatic N) is 1. The van der Waals surface area contributed by atoms with Gasteiger partial charge in [-0.25, -0.2) is 8.60 Å². The van der Waals surface area contributed by atoms with Gasteiger partial charge in [-0.3, -0.25) is 13.8 Å². The second-order valence-corrected chi connectivity index (χ2v) is 4.57. The zero-order valence-electron chi connectivity index (χ0n) is 8.36. The van der Waals surface area contributed by atoms with E-state index in [4.69, 9.17) is 0 Å². The lowest BCUT2D eigenvalue weighted by atomic mass is 10.2. The van der Waals surface area contributed by atoms with Gasteiger partial charge < -0.3 is 5.11 Å². The average molecular weight is 244 g/mol. The average Bonchev–Trinajstić information content (AvgIpc) is 2.43. The van der Waals surface area contributed by atoms with Gasteiger partial charge >= 0.3 is 0 Å². The van der Waals surface area contributed by atoms with Gasteiger partial charge in [0.15, 0.2) is 5.82 Å². The number of aromatic hydroxyl groups is 1. The van der Waals surface area contributed by atoms with Gasteiger partial charge in [-0.2, -0.15) is 0 Å². The van der Waals surface area contributed by atoms with Crippen molar-refractivity contribution < 1.29 is 18.5 Å². The molecule has 1 heterocycles. The molecule has 2 N–H and O–H groups in total. The molecule has 1 unspecified atom stereocenters. The number of rotatable bonds is 1. The Labute approximate surface area is 93.6 Å². The monoisotopic (exact) mass is 244 g/mol. The van der Waals surface area contributed by atoms with Crippen molar-refractivity contribution in [3.8, 4) is 5.75 Å². The number of benzene rings is 1. The van der Waals surface area contributed by atoms with Crippen LogP contribution in [0.1, 0.15) is 5.56 Å². The number of hydrogen-bond acceptors (Lipinski definition) is 3. The number of hydrogen-bond donors (Lipinski definition) is 2. The molecule has 1 fully saturated rings. The summed E-state index contributed by atoms with van der Waals surface area (Å²) in [5.41, 5.74) is 0.324. The topological polar surface area (TPSA) is 69.6 Å². The molecule has 1 aromatic rings. The van der Waals surface area contributed by atoms with Crippen molar-refractivity contribution in [2.24, 2.45) is 0 Å². The molecule has 16 heavy (non-hydrogen) atoms. The maximum atomic E-state index is 13.6. The fraction of sp³-hybridized carbons (Fsp3) is 0.222. The Morgan fingerprint density at radius 3 is 2.75 bits per heavy atom. The first kappa shape index (κ1) is 10.9. The van der Waals surface area contributed by atoms with Crippen LogP contribution in [-0.2, 0) is 16.0 Å². The molecule has 86 valence electrons. The van der Waals surface area contributed by atoms with Crippen LogP contribution >= 0.6 is 0 Å². The van der Waals surface area contributed by atoms with Crippen LogP contribution in [-0.4, -0.2) is 21.8 Å². The van der Waals surface area contributed by atoms with Gasteiger partial charge in [0.05, 0.1) is 0 Å². The van der Waals surface area contributed by atoms with Crippen molar-refractivity contribution in [2.75, 3.05) is 10.8 Å². The summed E-state index contributed by atoms with van der Waals surface area (Å²) in [6.45, 7) is 1.39. The van der Waals surface area contributed by atoms with E-state index >= 15 is 0 Å². The van der Waals surface area contributed by atoms with Crippen LogP contribution in [0.25, 0.3) is 0 Å². The highest BCUT2D eigenvalue weighted by atomic mass is 32.2. The summed E-state index contributed by atoms with van der Waals surface area (Å²) in [6.07, 6.45) is 0. The van der Waals surface area contributed by atoms with Crippen LogP contribution in [0.5, 0.6) is 5.75 Å². The third kappa shape index (κ3) is 1.73. The van der Waals surface area contributed by atoms with E-state index < -0.39 is 22.9 Å². The van der Waals surface area contributed by atoms with Crippen molar-refractivity contribution in [3.05, 3.63) is 23.5 Å². The number of carbonyl (C=O) groups is 1. The van der Waals surface area contributed by atoms with Gasteiger partial charge in [0.1, 0.15) is 18.0 Å². The Bertz CT molecular complexity index is 469. The predicted molar refractivity (Wildman–Crippen MR) is 56.4 cm³/mol. The molecule has 1 aliphatic heterocycles. The van der Waals surface area contributed by atoms with E-state index in [-0.39, 0.29) is 18.0 Å². The lowest BCUT2D eigenvalue weighted by Gasteiger charge is -2.16. The van der Waals surface area contributed by atoms with Gasteiger partial charge in [0.2, 0.25) is 11.2 Å². The Hall–Kier alpha value is -1.63. The molecule has 1 aliphatic rings. The van der Waals surface area contributed by atoms with Gasteiger partial charge in [-0.1, -0.05) is 0 Å². The predicted octanol–water partition coefficient (Wildman–Crippen LogP) is 0.355. The first-order valence-electron chi connectivity index (χ1n) is 4.47. The van der Waals surface area contributed by atoms with Crippen molar-refractivity contribution in [3.63, 3.8) is 0 Å². The summed E-state index contributed by atoms with van der Waals surface area (Å²) in [5.74, 6) is -1.51. The highest BCUT2D eigenvalue weighted by molar-refractivity contribution is 7.85. The number of halogens is 1. The molecule has 0 saturated carbocycles. The molecular weight excluding hydrogens is 235 g/mol. The number of carbonyl (C=O) groups excluding carboxylic acids is 1. The number of nitrogens with one attached hydrogen (secondary N) is 1. The van der Waals surface area contributed by atoms with Crippen molar-refractivity contribution in [1.29, 1.82) is 0 Å². The van der Waals surface area contributed by atoms with Gasteiger partial charge in [-0.05, 0) is 24.6 Å². The standard InChI is InChI=1S/C9H9FN2O3S/c1-5-2-6(10)9(7(13)3-5)12-4-8(14)11-16(12)15/h2-3,13H,4H2,1H3,(H,11,14). The molecule has 1 aromatic carbocycles. The molecule has 0 radical (unpaired) electrons. The number of amides is 1. The molecule has 5 nitrogen and oxygen atoms in total. The minimum atomic E-state index is -1.84. The molecular formula is C9H9FN2O3S. The van der Waals surface area contributed by atoms with E-state index in [0.717, 1.165) is 4.31 Å². The van der Waals surface area contributed by atoms with E-state index in [1.54, 1.807) is 6.92 Å². The molecule has 1 amide bonds. The minimum absolute atomic E-state index is 0.220. The lowest BCUT2D eigenvalue weighted by Crippen LogP contribution is -2.23. The number of phenolic OH excluding ortho intramolecular Hbond substituents is 1. The summed E-state index contributed by atoms with van der Waals surface area (Å²) in [7, 11) is 0. The molecule has 0 aliphatic carbocycles. The Morgan fingerprint density at radius 1 is 1.56 bits per heavy atom. The minimum Gasteiger partial charge on any atom is -0.506 e. The van der Waals surface area contributed by atoms with E-state index in [1.807, 2.05) is 0 Å². The number of phenols is 1. The van der Waals surface area contributed by atoms with Crippen LogP contribution in [0.15, 0.2) is 12.1 Å². The Morgan fingerprint density at radius 2 is 2.25 bits per heavy atom. The van der Waals surface area contributed by atoms with E-state index in [9.17, 15) is 18.5 Å². The summed E-state index contributed by atoms with van der Waals surface area (Å²) in [6, 6.07) is 2.55. The lowest BCUT2D eigenvalue weighted by molar-refractivity contribution is -0.117. The summed E-state index contributed by atoms with van der Waals surface area (Å²) in [5, 5.41) is 9.58. The smallest absolute Gasteiger partial charge is 0.253 e. The fourth-order valence-corrected chi connectivity index (χ4v) is 2.45. The molecule has 1 atom stereocenters. The van der Waals surface area contributed by atoms with Crippen LogP contribution < -0.4 is 9.03 Å². The van der Waals surface area contributed by atoms with Crippen molar-refractivity contribution in [1.82, 2.24) is 4.72 Å². The van der Waals surface area contributed by atoms with Crippen LogP contribution in [0.4, 0.5) is 10.1 Å². The number of aryl methyl sites for hydroxylation is 1. The Kier molecular flexibility index (Phi) is 2.55. The molecule has 0 bridgehead atoms. The summed E-state index contributed by atoms with van der Waals surface area (Å²) < 4.78 is 28.1. The normalized spacial score (nSPS) is 20.0. The quantitative estimate of drug-likeness (QED) is 0.749. The Balaban J connectivity index is 2.48. The van der Waals surface area contributed by atoms with Gasteiger partial charge in [-0.15, -0.1) is 0 Å². The highest BCUT2D eigenvalue weighted by Crippen LogP contribution is 2.33. The first-order valence-corrected chi connectivity index (χ1v) is 5.57. The molecule has 0 spiro atoms. The number of anilines is 1. The van der Waals surface area contributed by atoms with Crippen LogP contribution in [0.3, 0.4) is 0 Å². The van der Waals surface area contributed by atoms with E-state index in [2.05, 4.69) is 4.72 Å². The van der Waals surface area contributed by atoms with E-state index in [1.165, 1.54) is 12.1 Å². The first-order chi connectivity index (χ1) is 7.49. The zero-order valence-corrected chi connectivity index (χ0v) is 9.18. The second kappa shape index (κ2) is 3.75. The third-order valence-corrected chi connectivity index (χ3v) is 3.24. The van der Waals surface area contributed by atoms with Crippen LogP contribution in [0.2, 0.25) is 0 Å². The van der Waals surface area contributed by atoms with Crippen LogP contribution in [0, 0.1) is 12.7 Å². The summed E-state index contributed by atoms with van der Waals surface area (Å²) >= 11 is -1.84. The van der Waals surface area contributed by atoms with Gasteiger partial charge in [0.25, 0.3) is 5.91 Å². The molecule has 2 rings (SSSR count). The van der Waals surface area contributed by atoms with Crippen molar-refractivity contribution in [2.45, 2.75) is 6.92 Å². The highest BCUT2D eigenvalue weighted by Gasteiger charge is 2.31. The SMILES string of the molecule is Cc1cc(O)c(N2CC(=O)NS2=O)c(F)c1. The van der Waals surface area contributed by atoms with Gasteiger partial charge in [0, 0.05) is 0 Å².